The highest BCUT2D eigenvalue weighted by Gasteiger charge is 2.23. The molecule has 2 aromatic carbocycles. The molecule has 45 heavy (non-hydrogen) atoms. The molecule has 0 radical (unpaired) electrons. The Labute approximate surface area is 259 Å². The van der Waals surface area contributed by atoms with E-state index in [2.05, 4.69) is 37.1 Å². The largest absolute Gasteiger partial charge is 0.357 e. The van der Waals surface area contributed by atoms with Crippen LogP contribution in [0.1, 0.15) is 57.5 Å². The number of nitrogens with one attached hydrogen (secondary N) is 3. The van der Waals surface area contributed by atoms with Gasteiger partial charge < -0.3 is 10.6 Å². The smallest absolute Gasteiger partial charge is 0.324 e. The van der Waals surface area contributed by atoms with Gasteiger partial charge in [0.2, 0.25) is 5.95 Å². The van der Waals surface area contributed by atoms with Crippen LogP contribution in [0.3, 0.4) is 0 Å². The number of fused-ring (bicyclic) bond motifs is 1. The maximum Gasteiger partial charge on any atom is 0.324 e. The number of urea groups is 1. The van der Waals surface area contributed by atoms with Crippen molar-refractivity contribution in [1.29, 1.82) is 5.26 Å². The molecule has 0 atom stereocenters. The summed E-state index contributed by atoms with van der Waals surface area (Å²) in [5, 5.41) is 22.8. The normalized spacial score (nSPS) is 11.5. The molecule has 0 unspecified atom stereocenters. The SMILES string of the molecule is CNc1ncc2cc(-c3cc(NC(=O)Nc4cc(C(C)(C)C)nn4-c4ccc(C#N)cc4)c(F)cc3C)c(=O)n(C(C)C)c2n1. The molecular formula is C33H34FN9O2. The Balaban J connectivity index is 1.52. The summed E-state index contributed by atoms with van der Waals surface area (Å²) >= 11 is 0. The molecule has 5 aromatic rings. The molecule has 5 rings (SSSR count). The minimum absolute atomic E-state index is 0.106. The minimum atomic E-state index is -0.704. The van der Waals surface area contributed by atoms with Gasteiger partial charge in [0.1, 0.15) is 17.3 Å². The Morgan fingerprint density at radius 2 is 1.76 bits per heavy atom. The zero-order valence-corrected chi connectivity index (χ0v) is 26.2. The van der Waals surface area contributed by atoms with Gasteiger partial charge >= 0.3 is 6.03 Å². The first-order valence-electron chi connectivity index (χ1n) is 14.4. The van der Waals surface area contributed by atoms with Gasteiger partial charge in [0, 0.05) is 41.7 Å². The molecule has 0 bridgehead atoms. The first kappa shape index (κ1) is 30.9. The second-order valence-corrected chi connectivity index (χ2v) is 12.0. The molecule has 3 N–H and O–H groups in total. The van der Waals surface area contributed by atoms with Crippen molar-refractivity contribution in [2.24, 2.45) is 0 Å². The zero-order valence-electron chi connectivity index (χ0n) is 26.2. The van der Waals surface area contributed by atoms with Gasteiger partial charge in [0.15, 0.2) is 0 Å². The van der Waals surface area contributed by atoms with Crippen molar-refractivity contribution >= 4 is 34.5 Å². The number of hydrogen-bond acceptors (Lipinski definition) is 7. The Morgan fingerprint density at radius 3 is 2.38 bits per heavy atom. The van der Waals surface area contributed by atoms with E-state index in [1.54, 1.807) is 65.8 Å². The topological polar surface area (TPSA) is 143 Å². The Kier molecular flexibility index (Phi) is 8.12. The molecule has 0 aliphatic heterocycles. The van der Waals surface area contributed by atoms with E-state index < -0.39 is 11.8 Å². The summed E-state index contributed by atoms with van der Waals surface area (Å²) in [5.74, 6) is 0.0779. The van der Waals surface area contributed by atoms with E-state index in [1.807, 2.05) is 34.6 Å². The lowest BCUT2D eigenvalue weighted by Crippen LogP contribution is -2.25. The molecule has 3 aromatic heterocycles. The first-order chi connectivity index (χ1) is 21.3. The average Bonchev–Trinajstić information content (AvgIpc) is 3.42. The van der Waals surface area contributed by atoms with Gasteiger partial charge in [-0.3, -0.25) is 14.7 Å². The van der Waals surface area contributed by atoms with Crippen LogP contribution in [0.15, 0.2) is 59.5 Å². The predicted molar refractivity (Wildman–Crippen MR) is 173 cm³/mol. The summed E-state index contributed by atoms with van der Waals surface area (Å²) < 4.78 is 18.4. The van der Waals surface area contributed by atoms with E-state index in [-0.39, 0.29) is 22.7 Å². The molecular weight excluding hydrogens is 573 g/mol. The van der Waals surface area contributed by atoms with Crippen molar-refractivity contribution < 1.29 is 9.18 Å². The van der Waals surface area contributed by atoms with Crippen LogP contribution in [0.5, 0.6) is 0 Å². The number of anilines is 3. The summed E-state index contributed by atoms with van der Waals surface area (Å²) in [5.41, 5.74) is 2.88. The van der Waals surface area contributed by atoms with Crippen LogP contribution in [-0.2, 0) is 5.41 Å². The molecule has 0 saturated carbocycles. The van der Waals surface area contributed by atoms with E-state index in [0.717, 1.165) is 5.69 Å². The van der Waals surface area contributed by atoms with Gasteiger partial charge in [-0.15, -0.1) is 0 Å². The fraction of sp³-hybridized carbons (Fsp3) is 0.273. The van der Waals surface area contributed by atoms with Crippen molar-refractivity contribution in [3.8, 4) is 22.9 Å². The molecule has 12 heteroatoms. The van der Waals surface area contributed by atoms with Crippen LogP contribution in [0.25, 0.3) is 27.8 Å². The van der Waals surface area contributed by atoms with E-state index >= 15 is 4.39 Å². The van der Waals surface area contributed by atoms with Gasteiger partial charge in [-0.1, -0.05) is 20.8 Å². The second kappa shape index (κ2) is 11.8. The van der Waals surface area contributed by atoms with Crippen LogP contribution in [-0.4, -0.2) is 37.4 Å². The number of carbonyl (C=O) groups excluding carboxylic acids is 1. The highest BCUT2D eigenvalue weighted by atomic mass is 19.1. The number of benzene rings is 2. The third-order valence-corrected chi connectivity index (χ3v) is 7.33. The molecule has 0 spiro atoms. The maximum absolute atomic E-state index is 15.3. The Hall–Kier alpha value is -5.57. The van der Waals surface area contributed by atoms with Crippen molar-refractivity contribution in [1.82, 2.24) is 24.3 Å². The van der Waals surface area contributed by atoms with E-state index in [9.17, 15) is 14.9 Å². The first-order valence-corrected chi connectivity index (χ1v) is 14.4. The fourth-order valence-corrected chi connectivity index (χ4v) is 4.95. The number of halogens is 1. The number of rotatable bonds is 6. The number of amides is 2. The van der Waals surface area contributed by atoms with Crippen LogP contribution >= 0.6 is 0 Å². The Morgan fingerprint density at radius 1 is 1.04 bits per heavy atom. The number of pyridine rings is 1. The molecule has 0 fully saturated rings. The van der Waals surface area contributed by atoms with Gasteiger partial charge in [0.25, 0.3) is 5.56 Å². The van der Waals surface area contributed by atoms with Crippen molar-refractivity contribution in [2.45, 2.75) is 53.0 Å². The van der Waals surface area contributed by atoms with Crippen LogP contribution in [0.2, 0.25) is 0 Å². The number of carbonyl (C=O) groups is 1. The lowest BCUT2D eigenvalue weighted by Gasteiger charge is -2.17. The number of aryl methyl sites for hydroxylation is 1. The highest BCUT2D eigenvalue weighted by Crippen LogP contribution is 2.31. The van der Waals surface area contributed by atoms with Crippen molar-refractivity contribution in [3.05, 3.63) is 87.7 Å². The number of nitrogens with zero attached hydrogens (tertiary/aromatic N) is 6. The standard InChI is InChI=1S/C33H34FN9O2/c1-18(2)42-29-21(17-37-31(36-7)40-29)13-24(30(42)44)23-14-26(25(34)12-19(23)3)38-32(45)39-28-15-27(33(4,5)6)41-43(28)22-10-8-20(16-35)9-11-22/h8-15,17-18H,1-7H3,(H,36,37,40)(H2,38,39,45). The minimum Gasteiger partial charge on any atom is -0.357 e. The summed E-state index contributed by atoms with van der Waals surface area (Å²) in [4.78, 5) is 35.9. The quantitative estimate of drug-likeness (QED) is 0.199. The van der Waals surface area contributed by atoms with E-state index in [0.29, 0.717) is 50.7 Å². The second-order valence-electron chi connectivity index (χ2n) is 12.0. The van der Waals surface area contributed by atoms with E-state index in [1.165, 1.54) is 12.1 Å². The van der Waals surface area contributed by atoms with Crippen LogP contribution in [0, 0.1) is 24.1 Å². The Bertz CT molecular complexity index is 2030. The summed E-state index contributed by atoms with van der Waals surface area (Å²) in [6.45, 7) is 11.5. The lowest BCUT2D eigenvalue weighted by molar-refractivity contribution is 0.262. The molecule has 11 nitrogen and oxygen atoms in total. The van der Waals surface area contributed by atoms with Gasteiger partial charge in [-0.2, -0.15) is 15.3 Å². The van der Waals surface area contributed by atoms with Gasteiger partial charge in [-0.25, -0.2) is 18.9 Å². The average molecular weight is 608 g/mol. The molecule has 230 valence electrons. The molecule has 3 heterocycles. The highest BCUT2D eigenvalue weighted by molar-refractivity contribution is 6.00. The molecule has 2 amide bonds. The third kappa shape index (κ3) is 6.10. The molecule has 0 aliphatic rings. The van der Waals surface area contributed by atoms with Crippen molar-refractivity contribution in [2.75, 3.05) is 23.0 Å². The fourth-order valence-electron chi connectivity index (χ4n) is 4.95. The number of nitriles is 1. The molecule has 0 aliphatic carbocycles. The number of aromatic nitrogens is 5. The van der Waals surface area contributed by atoms with Crippen LogP contribution < -0.4 is 21.5 Å². The monoisotopic (exact) mass is 607 g/mol. The zero-order chi connectivity index (χ0) is 32.6. The van der Waals surface area contributed by atoms with E-state index in [4.69, 9.17) is 0 Å². The van der Waals surface area contributed by atoms with Gasteiger partial charge in [-0.05, 0) is 74.4 Å². The van der Waals surface area contributed by atoms with Crippen molar-refractivity contribution in [3.63, 3.8) is 0 Å². The summed E-state index contributed by atoms with van der Waals surface area (Å²) in [7, 11) is 1.70. The molecule has 0 saturated heterocycles. The predicted octanol–water partition coefficient (Wildman–Crippen LogP) is 6.53. The summed E-state index contributed by atoms with van der Waals surface area (Å²) in [6.07, 6.45) is 1.63. The third-order valence-electron chi connectivity index (χ3n) is 7.33. The van der Waals surface area contributed by atoms with Gasteiger partial charge in [0.05, 0.1) is 28.7 Å². The van der Waals surface area contributed by atoms with Crippen LogP contribution in [0.4, 0.5) is 26.6 Å². The lowest BCUT2D eigenvalue weighted by atomic mass is 9.92. The maximum atomic E-state index is 15.3. The number of hydrogen-bond donors (Lipinski definition) is 3. The summed E-state index contributed by atoms with van der Waals surface area (Å²) in [6, 6.07) is 14.1.